The Morgan fingerprint density at radius 1 is 1.08 bits per heavy atom. The van der Waals surface area contributed by atoms with Gasteiger partial charge in [0.25, 0.3) is 5.91 Å². The lowest BCUT2D eigenvalue weighted by molar-refractivity contribution is -0.186. The van der Waals surface area contributed by atoms with Crippen molar-refractivity contribution in [3.8, 4) is 0 Å². The van der Waals surface area contributed by atoms with Gasteiger partial charge < -0.3 is 9.64 Å². The van der Waals surface area contributed by atoms with E-state index in [1.165, 1.54) is 30.2 Å². The van der Waals surface area contributed by atoms with Crippen molar-refractivity contribution >= 4 is 11.9 Å². The number of β-lactam (4-membered cyclic amide) rings is 1. The first kappa shape index (κ1) is 15.8. The maximum absolute atomic E-state index is 13.3. The third kappa shape index (κ3) is 2.69. The molecule has 0 bridgehead atoms. The predicted octanol–water partition coefficient (Wildman–Crippen LogP) is 2.81. The van der Waals surface area contributed by atoms with Crippen LogP contribution in [0.1, 0.15) is 29.7 Å². The molecule has 1 heterocycles. The Morgan fingerprint density at radius 3 is 2.24 bits per heavy atom. The maximum Gasteiger partial charge on any atom is 0.303 e. The van der Waals surface area contributed by atoms with Gasteiger partial charge in [0.2, 0.25) is 6.10 Å². The van der Waals surface area contributed by atoms with Crippen LogP contribution in [0, 0.1) is 5.82 Å². The zero-order valence-corrected chi connectivity index (χ0v) is 13.8. The molecule has 5 heteroatoms. The molecule has 0 N–H and O–H groups in total. The summed E-state index contributed by atoms with van der Waals surface area (Å²) in [4.78, 5) is 25.8. The number of carbonyl (C=O) groups is 2. The molecule has 0 saturated carbocycles. The lowest BCUT2D eigenvalue weighted by Crippen LogP contribution is -2.63. The summed E-state index contributed by atoms with van der Waals surface area (Å²) in [6.07, 6.45) is 0.741. The summed E-state index contributed by atoms with van der Waals surface area (Å²) in [6, 6.07) is 13.9. The summed E-state index contributed by atoms with van der Waals surface area (Å²) < 4.78 is 18.5. The highest BCUT2D eigenvalue weighted by Crippen LogP contribution is 2.42. The molecular weight excluding hydrogens is 321 g/mol. The van der Waals surface area contributed by atoms with E-state index in [0.717, 1.165) is 18.4 Å². The van der Waals surface area contributed by atoms with Crippen LogP contribution in [0.25, 0.3) is 0 Å². The highest BCUT2D eigenvalue weighted by molar-refractivity contribution is 5.91. The van der Waals surface area contributed by atoms with Gasteiger partial charge in [0, 0.05) is 13.0 Å². The molecule has 1 aliphatic heterocycles. The van der Waals surface area contributed by atoms with Gasteiger partial charge in [0.15, 0.2) is 0 Å². The van der Waals surface area contributed by atoms with Crippen molar-refractivity contribution in [2.45, 2.75) is 38.0 Å². The second kappa shape index (κ2) is 5.99. The summed E-state index contributed by atoms with van der Waals surface area (Å²) in [5.41, 5.74) is 3.27. The smallest absolute Gasteiger partial charge is 0.303 e. The lowest BCUT2D eigenvalue weighted by atomic mass is 9.88. The van der Waals surface area contributed by atoms with Crippen LogP contribution in [-0.2, 0) is 27.2 Å². The van der Waals surface area contributed by atoms with E-state index in [0.29, 0.717) is 0 Å². The highest BCUT2D eigenvalue weighted by atomic mass is 19.1. The average molecular weight is 339 g/mol. The van der Waals surface area contributed by atoms with Crippen LogP contribution in [0.4, 0.5) is 4.39 Å². The molecule has 0 aromatic heterocycles. The number of esters is 1. The van der Waals surface area contributed by atoms with E-state index in [4.69, 9.17) is 4.74 Å². The van der Waals surface area contributed by atoms with Crippen molar-refractivity contribution in [3.05, 3.63) is 71.0 Å². The molecule has 0 unspecified atom stereocenters. The minimum Gasteiger partial charge on any atom is -0.450 e. The lowest BCUT2D eigenvalue weighted by Gasteiger charge is -2.49. The van der Waals surface area contributed by atoms with Crippen molar-refractivity contribution in [2.75, 3.05) is 0 Å². The number of rotatable bonds is 3. The van der Waals surface area contributed by atoms with E-state index in [2.05, 4.69) is 12.1 Å². The van der Waals surface area contributed by atoms with Crippen LogP contribution in [0.3, 0.4) is 0 Å². The number of fused-ring (bicyclic) bond motifs is 1. The largest absolute Gasteiger partial charge is 0.450 e. The number of hydrogen-bond acceptors (Lipinski definition) is 3. The summed E-state index contributed by atoms with van der Waals surface area (Å²) >= 11 is 0. The van der Waals surface area contributed by atoms with Crippen LogP contribution in [0.15, 0.2) is 48.5 Å². The van der Waals surface area contributed by atoms with Crippen molar-refractivity contribution < 1.29 is 18.7 Å². The van der Waals surface area contributed by atoms with E-state index in [1.54, 1.807) is 17.0 Å². The number of carbonyl (C=O) groups excluding carboxylic acids is 2. The molecule has 1 fully saturated rings. The van der Waals surface area contributed by atoms with Gasteiger partial charge in [-0.15, -0.1) is 0 Å². The molecule has 2 aromatic rings. The normalized spacial score (nSPS) is 22.5. The minimum absolute atomic E-state index is 0.0340. The van der Waals surface area contributed by atoms with Crippen LogP contribution in [0.2, 0.25) is 0 Å². The number of likely N-dealkylation sites (tertiary alicyclic amines) is 1. The van der Waals surface area contributed by atoms with Gasteiger partial charge in [-0.05, 0) is 41.7 Å². The molecule has 4 nitrogen and oxygen atoms in total. The monoisotopic (exact) mass is 339 g/mol. The Bertz CT molecular complexity index is 808. The van der Waals surface area contributed by atoms with Gasteiger partial charge in [0.05, 0.1) is 0 Å². The van der Waals surface area contributed by atoms with Gasteiger partial charge in [-0.2, -0.15) is 0 Å². The van der Waals surface area contributed by atoms with E-state index in [9.17, 15) is 14.0 Å². The summed E-state index contributed by atoms with van der Waals surface area (Å²) in [5, 5.41) is 0. The van der Waals surface area contributed by atoms with Gasteiger partial charge in [-0.3, -0.25) is 9.59 Å². The predicted molar refractivity (Wildman–Crippen MR) is 89.2 cm³/mol. The SMILES string of the molecule is CC(=O)O[C@@H]1C(=O)N(C2Cc3ccccc3C2)[C@@H]1c1ccc(F)cc1. The fourth-order valence-corrected chi connectivity index (χ4v) is 3.91. The van der Waals surface area contributed by atoms with Crippen LogP contribution in [0.5, 0.6) is 0 Å². The Labute approximate surface area is 145 Å². The molecule has 2 atom stereocenters. The molecule has 1 aliphatic carbocycles. The van der Waals surface area contributed by atoms with E-state index >= 15 is 0 Å². The van der Waals surface area contributed by atoms with Crippen molar-refractivity contribution in [1.29, 1.82) is 0 Å². The minimum atomic E-state index is -0.827. The fraction of sp³-hybridized carbons (Fsp3) is 0.300. The fourth-order valence-electron chi connectivity index (χ4n) is 3.91. The molecule has 2 aromatic carbocycles. The van der Waals surface area contributed by atoms with Crippen LogP contribution < -0.4 is 0 Å². The molecule has 1 saturated heterocycles. The average Bonchev–Trinajstić information content (AvgIpc) is 3.01. The Balaban J connectivity index is 1.63. The number of halogens is 1. The first-order chi connectivity index (χ1) is 12.0. The second-order valence-electron chi connectivity index (χ2n) is 6.60. The molecule has 25 heavy (non-hydrogen) atoms. The van der Waals surface area contributed by atoms with Crippen LogP contribution >= 0.6 is 0 Å². The number of nitrogens with zero attached hydrogens (tertiary/aromatic N) is 1. The van der Waals surface area contributed by atoms with Crippen LogP contribution in [-0.4, -0.2) is 28.9 Å². The van der Waals surface area contributed by atoms with E-state index in [-0.39, 0.29) is 23.8 Å². The Morgan fingerprint density at radius 2 is 1.68 bits per heavy atom. The molecule has 128 valence electrons. The van der Waals surface area contributed by atoms with Gasteiger partial charge in [-0.25, -0.2) is 4.39 Å². The topological polar surface area (TPSA) is 46.6 Å². The molecular formula is C20H18FNO3. The first-order valence-electron chi connectivity index (χ1n) is 8.36. The van der Waals surface area contributed by atoms with E-state index < -0.39 is 12.1 Å². The quantitative estimate of drug-likeness (QED) is 0.638. The molecule has 2 aliphatic rings. The summed E-state index contributed by atoms with van der Waals surface area (Å²) in [5.74, 6) is -1.000. The third-order valence-corrected chi connectivity index (χ3v) is 5.01. The number of ether oxygens (including phenoxy) is 1. The van der Waals surface area contributed by atoms with Crippen molar-refractivity contribution in [1.82, 2.24) is 4.90 Å². The number of benzene rings is 2. The Hall–Kier alpha value is -2.69. The molecule has 1 amide bonds. The molecule has 4 rings (SSSR count). The summed E-state index contributed by atoms with van der Waals surface area (Å²) in [6.45, 7) is 1.29. The molecule has 0 spiro atoms. The molecule has 0 radical (unpaired) electrons. The highest BCUT2D eigenvalue weighted by Gasteiger charge is 2.53. The number of hydrogen-bond donors (Lipinski definition) is 0. The van der Waals surface area contributed by atoms with Gasteiger partial charge in [-0.1, -0.05) is 36.4 Å². The summed E-state index contributed by atoms with van der Waals surface area (Å²) in [7, 11) is 0. The number of amides is 1. The third-order valence-electron chi connectivity index (χ3n) is 5.01. The van der Waals surface area contributed by atoms with Crippen molar-refractivity contribution in [2.24, 2.45) is 0 Å². The van der Waals surface area contributed by atoms with Gasteiger partial charge >= 0.3 is 5.97 Å². The standard InChI is InChI=1S/C20H18FNO3/c1-12(23)25-19-18(13-6-8-16(21)9-7-13)22(20(19)24)17-10-14-4-2-3-5-15(14)11-17/h2-9,17-19H,10-11H2,1H3/t18-,19+/m1/s1. The Kier molecular flexibility index (Phi) is 3.79. The second-order valence-corrected chi connectivity index (χ2v) is 6.60. The maximum atomic E-state index is 13.3. The first-order valence-corrected chi connectivity index (χ1v) is 8.36. The zero-order valence-electron chi connectivity index (χ0n) is 13.8. The van der Waals surface area contributed by atoms with Gasteiger partial charge in [0.1, 0.15) is 11.9 Å². The van der Waals surface area contributed by atoms with E-state index in [1.807, 2.05) is 12.1 Å². The zero-order chi connectivity index (χ0) is 17.6. The van der Waals surface area contributed by atoms with Crippen molar-refractivity contribution in [3.63, 3.8) is 0 Å².